The Hall–Kier alpha value is -2.34. The van der Waals surface area contributed by atoms with Gasteiger partial charge in [0.15, 0.2) is 0 Å². The molecule has 0 aromatic heterocycles. The largest absolute Gasteiger partial charge is 0.416 e. The molecular formula is C20H21F3N2O. The van der Waals surface area contributed by atoms with Crippen molar-refractivity contribution in [1.82, 2.24) is 10.2 Å². The number of alkyl halides is 3. The first-order chi connectivity index (χ1) is 12.4. The Bertz CT molecular complexity index is 768. The van der Waals surface area contributed by atoms with Gasteiger partial charge < -0.3 is 5.32 Å². The van der Waals surface area contributed by atoms with Gasteiger partial charge in [-0.3, -0.25) is 9.69 Å². The molecule has 1 amide bonds. The van der Waals surface area contributed by atoms with Gasteiger partial charge in [-0.05, 0) is 55.3 Å². The van der Waals surface area contributed by atoms with Crippen LogP contribution in [0, 0.1) is 0 Å². The lowest BCUT2D eigenvalue weighted by Gasteiger charge is -2.18. The number of rotatable bonds is 5. The van der Waals surface area contributed by atoms with Gasteiger partial charge in [-0.1, -0.05) is 30.3 Å². The van der Waals surface area contributed by atoms with Gasteiger partial charge in [-0.25, -0.2) is 0 Å². The maximum atomic E-state index is 12.8. The van der Waals surface area contributed by atoms with Crippen LogP contribution in [-0.2, 0) is 19.3 Å². The minimum absolute atomic E-state index is 0.0110. The average Bonchev–Trinajstić information content (AvgIpc) is 3.13. The molecule has 1 heterocycles. The first-order valence-electron chi connectivity index (χ1n) is 8.68. The molecule has 1 aliphatic rings. The summed E-state index contributed by atoms with van der Waals surface area (Å²) in [6.07, 6.45) is -2.05. The molecule has 1 N–H and O–H groups in total. The van der Waals surface area contributed by atoms with Crippen LogP contribution in [0.25, 0.3) is 0 Å². The summed E-state index contributed by atoms with van der Waals surface area (Å²) < 4.78 is 38.4. The zero-order chi connectivity index (χ0) is 18.6. The predicted molar refractivity (Wildman–Crippen MR) is 93.6 cm³/mol. The highest BCUT2D eigenvalue weighted by molar-refractivity contribution is 5.94. The van der Waals surface area contributed by atoms with E-state index in [2.05, 4.69) is 10.2 Å². The quantitative estimate of drug-likeness (QED) is 0.863. The Balaban J connectivity index is 1.66. The molecule has 0 aliphatic carbocycles. The van der Waals surface area contributed by atoms with Gasteiger partial charge in [-0.2, -0.15) is 13.2 Å². The second-order valence-corrected chi connectivity index (χ2v) is 6.51. The van der Waals surface area contributed by atoms with Crippen molar-refractivity contribution >= 4 is 5.91 Å². The molecular weight excluding hydrogens is 341 g/mol. The van der Waals surface area contributed by atoms with E-state index in [1.54, 1.807) is 0 Å². The Kier molecular flexibility index (Phi) is 5.61. The summed E-state index contributed by atoms with van der Waals surface area (Å²) in [5.74, 6) is -0.507. The van der Waals surface area contributed by atoms with Gasteiger partial charge in [0, 0.05) is 18.7 Å². The van der Waals surface area contributed by atoms with E-state index in [9.17, 15) is 18.0 Å². The Morgan fingerprint density at radius 1 is 1.00 bits per heavy atom. The number of amides is 1. The number of hydrogen-bond acceptors (Lipinski definition) is 2. The minimum atomic E-state index is -4.46. The van der Waals surface area contributed by atoms with Crippen molar-refractivity contribution in [2.75, 3.05) is 13.1 Å². The van der Waals surface area contributed by atoms with Crippen LogP contribution in [0.5, 0.6) is 0 Å². The van der Waals surface area contributed by atoms with Crippen molar-refractivity contribution < 1.29 is 18.0 Å². The van der Waals surface area contributed by atoms with Crippen molar-refractivity contribution in [1.29, 1.82) is 0 Å². The normalized spacial score (nSPS) is 15.2. The van der Waals surface area contributed by atoms with Crippen molar-refractivity contribution in [2.24, 2.45) is 0 Å². The summed E-state index contributed by atoms with van der Waals surface area (Å²) in [5.41, 5.74) is 1.31. The van der Waals surface area contributed by atoms with Crippen LogP contribution in [-0.4, -0.2) is 23.9 Å². The first kappa shape index (κ1) is 18.5. The lowest BCUT2D eigenvalue weighted by molar-refractivity contribution is -0.137. The molecule has 0 radical (unpaired) electrons. The lowest BCUT2D eigenvalue weighted by atomic mass is 10.1. The van der Waals surface area contributed by atoms with Crippen LogP contribution < -0.4 is 5.32 Å². The standard InChI is InChI=1S/C20H21F3N2O/c21-20(22,23)18-9-5-8-15(12-18)19(26)24-13-16-6-1-2-7-17(16)14-25-10-3-4-11-25/h1-2,5-9,12H,3-4,10-11,13-14H2,(H,24,26). The number of hydrogen-bond donors (Lipinski definition) is 1. The van der Waals surface area contributed by atoms with Gasteiger partial charge in [0.1, 0.15) is 0 Å². The summed E-state index contributed by atoms with van der Waals surface area (Å²) >= 11 is 0. The molecule has 1 aliphatic heterocycles. The van der Waals surface area contributed by atoms with Crippen LogP contribution in [0.15, 0.2) is 48.5 Å². The van der Waals surface area contributed by atoms with E-state index >= 15 is 0 Å². The number of halogens is 3. The fourth-order valence-corrected chi connectivity index (χ4v) is 3.18. The van der Waals surface area contributed by atoms with Crippen LogP contribution >= 0.6 is 0 Å². The third-order valence-corrected chi connectivity index (χ3v) is 4.60. The highest BCUT2D eigenvalue weighted by Crippen LogP contribution is 2.29. The van der Waals surface area contributed by atoms with E-state index in [1.807, 2.05) is 24.3 Å². The van der Waals surface area contributed by atoms with E-state index in [4.69, 9.17) is 0 Å². The fourth-order valence-electron chi connectivity index (χ4n) is 3.18. The number of carbonyl (C=O) groups excluding carboxylic acids is 1. The second kappa shape index (κ2) is 7.91. The number of benzene rings is 2. The molecule has 0 atom stereocenters. The van der Waals surface area contributed by atoms with Crippen LogP contribution in [0.4, 0.5) is 13.2 Å². The summed E-state index contributed by atoms with van der Waals surface area (Å²) in [7, 11) is 0. The SMILES string of the molecule is O=C(NCc1ccccc1CN1CCCC1)c1cccc(C(F)(F)F)c1. The number of nitrogens with one attached hydrogen (secondary N) is 1. The molecule has 0 unspecified atom stereocenters. The molecule has 1 fully saturated rings. The van der Waals surface area contributed by atoms with Crippen molar-refractivity contribution in [2.45, 2.75) is 32.1 Å². The molecule has 6 heteroatoms. The Morgan fingerprint density at radius 2 is 1.69 bits per heavy atom. The van der Waals surface area contributed by atoms with E-state index in [-0.39, 0.29) is 5.56 Å². The van der Waals surface area contributed by atoms with Gasteiger partial charge in [0.25, 0.3) is 5.91 Å². The maximum absolute atomic E-state index is 12.8. The van der Waals surface area contributed by atoms with Crippen molar-refractivity contribution in [3.05, 3.63) is 70.8 Å². The molecule has 2 aromatic carbocycles. The summed E-state index contributed by atoms with van der Waals surface area (Å²) in [4.78, 5) is 14.6. The predicted octanol–water partition coefficient (Wildman–Crippen LogP) is 4.23. The highest BCUT2D eigenvalue weighted by Gasteiger charge is 2.30. The molecule has 0 spiro atoms. The monoisotopic (exact) mass is 362 g/mol. The van der Waals surface area contributed by atoms with E-state index < -0.39 is 17.6 Å². The first-order valence-corrected chi connectivity index (χ1v) is 8.68. The molecule has 138 valence electrons. The molecule has 26 heavy (non-hydrogen) atoms. The Morgan fingerprint density at radius 3 is 2.38 bits per heavy atom. The van der Waals surface area contributed by atoms with Gasteiger partial charge in [0.05, 0.1) is 5.56 Å². The molecule has 0 bridgehead atoms. The lowest BCUT2D eigenvalue weighted by Crippen LogP contribution is -2.25. The van der Waals surface area contributed by atoms with E-state index in [0.717, 1.165) is 42.9 Å². The smallest absolute Gasteiger partial charge is 0.348 e. The summed E-state index contributed by atoms with van der Waals surface area (Å²) in [6.45, 7) is 3.27. The summed E-state index contributed by atoms with van der Waals surface area (Å²) in [6, 6.07) is 12.3. The molecule has 1 saturated heterocycles. The van der Waals surface area contributed by atoms with Gasteiger partial charge in [-0.15, -0.1) is 0 Å². The van der Waals surface area contributed by atoms with Crippen molar-refractivity contribution in [3.63, 3.8) is 0 Å². The molecule has 3 nitrogen and oxygen atoms in total. The van der Waals surface area contributed by atoms with E-state index in [0.29, 0.717) is 6.54 Å². The second-order valence-electron chi connectivity index (χ2n) is 6.51. The molecule has 3 rings (SSSR count). The maximum Gasteiger partial charge on any atom is 0.416 e. The van der Waals surface area contributed by atoms with E-state index in [1.165, 1.54) is 25.0 Å². The fraction of sp³-hybridized carbons (Fsp3) is 0.350. The summed E-state index contributed by atoms with van der Waals surface area (Å²) in [5, 5.41) is 2.73. The third-order valence-electron chi connectivity index (χ3n) is 4.60. The highest BCUT2D eigenvalue weighted by atomic mass is 19.4. The molecule has 0 saturated carbocycles. The van der Waals surface area contributed by atoms with Crippen LogP contribution in [0.3, 0.4) is 0 Å². The number of carbonyl (C=O) groups is 1. The number of nitrogens with zero attached hydrogens (tertiary/aromatic N) is 1. The Labute approximate surface area is 150 Å². The zero-order valence-corrected chi connectivity index (χ0v) is 14.4. The minimum Gasteiger partial charge on any atom is -0.348 e. The zero-order valence-electron chi connectivity index (χ0n) is 14.4. The topological polar surface area (TPSA) is 32.3 Å². The average molecular weight is 362 g/mol. The third kappa shape index (κ3) is 4.64. The molecule has 2 aromatic rings. The number of likely N-dealkylation sites (tertiary alicyclic amines) is 1. The van der Waals surface area contributed by atoms with Crippen molar-refractivity contribution in [3.8, 4) is 0 Å². The van der Waals surface area contributed by atoms with Gasteiger partial charge in [0.2, 0.25) is 0 Å². The van der Waals surface area contributed by atoms with Crippen LogP contribution in [0.2, 0.25) is 0 Å². The van der Waals surface area contributed by atoms with Crippen LogP contribution in [0.1, 0.15) is 39.9 Å². The van der Waals surface area contributed by atoms with Gasteiger partial charge >= 0.3 is 6.18 Å².